The van der Waals surface area contributed by atoms with Crippen LogP contribution in [-0.2, 0) is 22.4 Å². The van der Waals surface area contributed by atoms with Crippen LogP contribution in [-0.4, -0.2) is 25.5 Å². The molecule has 0 amide bonds. The van der Waals surface area contributed by atoms with Gasteiger partial charge in [0.15, 0.2) is 0 Å². The summed E-state index contributed by atoms with van der Waals surface area (Å²) in [4.78, 5) is 0. The van der Waals surface area contributed by atoms with Gasteiger partial charge in [-0.05, 0) is 166 Å². The van der Waals surface area contributed by atoms with Crippen molar-refractivity contribution in [2.45, 2.75) is 0 Å². The topological polar surface area (TPSA) is 101 Å². The summed E-state index contributed by atoms with van der Waals surface area (Å²) in [6.45, 7) is 0. The van der Waals surface area contributed by atoms with E-state index in [9.17, 15) is 25.5 Å². The SMILES string of the molecule is Oc1ccc2ccccc2c1-c1cccc2ccccc12.Oc1ccc2ccccc2c1-c1cccc2ccccc12.Oc1ccc2ccccc2c1-c1cccc2ccccc12.Oc1ccc2ccccc2c1-c1cccc2ccccc12.Oc1ccc2ccccc2c1-c1cccc2ccccc12.[Ta]. The second-order valence-electron chi connectivity index (χ2n) is 26.0. The first-order chi connectivity index (χ1) is 51.7. The van der Waals surface area contributed by atoms with Gasteiger partial charge in [-0.3, -0.25) is 0 Å². The number of phenols is 5. The van der Waals surface area contributed by atoms with Crippen LogP contribution in [0, 0.1) is 0 Å². The van der Waals surface area contributed by atoms with Crippen LogP contribution in [0.1, 0.15) is 0 Å². The van der Waals surface area contributed by atoms with E-state index in [2.05, 4.69) is 182 Å². The molecule has 0 heterocycles. The number of rotatable bonds is 5. The molecule has 0 unspecified atom stereocenters. The van der Waals surface area contributed by atoms with Crippen molar-refractivity contribution in [3.63, 3.8) is 0 Å². The molecule has 20 rings (SSSR count). The van der Waals surface area contributed by atoms with Crippen LogP contribution in [0.2, 0.25) is 0 Å². The maximum Gasteiger partial charge on any atom is 0.124 e. The minimum atomic E-state index is 0. The standard InChI is InChI=1S/5C20H14O.Ta/c5*21-19-13-12-15-7-2-4-10-17(15)20(19)18-11-5-8-14-6-1-3-9-16(14)18;/h5*1-13,21H;. The molecular formula is C100H70O5Ta. The molecule has 6 heteroatoms. The van der Waals surface area contributed by atoms with Crippen LogP contribution in [0.3, 0.4) is 0 Å². The Morgan fingerprint density at radius 1 is 0.113 bits per heavy atom. The number of phenolic OH excluding ortho intramolecular Hbond substituents is 5. The fourth-order valence-electron chi connectivity index (χ4n) is 14.9. The molecule has 20 aromatic carbocycles. The fraction of sp³-hybridized carbons (Fsp3) is 0. The van der Waals surface area contributed by atoms with Crippen molar-refractivity contribution in [3.8, 4) is 84.4 Å². The second kappa shape index (κ2) is 30.7. The summed E-state index contributed by atoms with van der Waals surface area (Å²) in [5.41, 5.74) is 9.89. The normalized spacial score (nSPS) is 10.9. The minimum Gasteiger partial charge on any atom is -0.507 e. The van der Waals surface area contributed by atoms with Crippen LogP contribution in [0.5, 0.6) is 28.7 Å². The Morgan fingerprint density at radius 2 is 0.236 bits per heavy atom. The zero-order chi connectivity index (χ0) is 71.2. The fourth-order valence-corrected chi connectivity index (χ4v) is 14.9. The molecule has 0 aliphatic heterocycles. The van der Waals surface area contributed by atoms with Gasteiger partial charge in [0, 0.05) is 50.2 Å². The molecule has 0 spiro atoms. The van der Waals surface area contributed by atoms with E-state index in [4.69, 9.17) is 0 Å². The van der Waals surface area contributed by atoms with Crippen molar-refractivity contribution in [2.24, 2.45) is 0 Å². The third-order valence-electron chi connectivity index (χ3n) is 19.8. The summed E-state index contributed by atoms with van der Waals surface area (Å²) < 4.78 is 0. The summed E-state index contributed by atoms with van der Waals surface area (Å²) >= 11 is 0. The molecule has 0 aromatic heterocycles. The Hall–Kier alpha value is -13.3. The Balaban J connectivity index is 0.000000106. The van der Waals surface area contributed by atoms with Crippen molar-refractivity contribution in [1.82, 2.24) is 0 Å². The maximum atomic E-state index is 10.4. The Labute approximate surface area is 629 Å². The average molecular weight is 1530 g/mol. The van der Waals surface area contributed by atoms with Gasteiger partial charge in [0.05, 0.1) is 0 Å². The van der Waals surface area contributed by atoms with Crippen molar-refractivity contribution in [3.05, 3.63) is 394 Å². The zero-order valence-corrected chi connectivity index (χ0v) is 60.9. The number of benzene rings is 20. The molecule has 0 bridgehead atoms. The van der Waals surface area contributed by atoms with Gasteiger partial charge in [0.2, 0.25) is 0 Å². The van der Waals surface area contributed by atoms with E-state index >= 15 is 0 Å². The van der Waals surface area contributed by atoms with Gasteiger partial charge in [0.25, 0.3) is 0 Å². The first-order valence-corrected chi connectivity index (χ1v) is 35.2. The molecule has 1 radical (unpaired) electrons. The monoisotopic (exact) mass is 1530 g/mol. The molecule has 0 saturated heterocycles. The van der Waals surface area contributed by atoms with E-state index in [1.807, 2.05) is 182 Å². The summed E-state index contributed by atoms with van der Waals surface area (Å²) in [5.74, 6) is 1.62. The molecule has 5 N–H and O–H groups in total. The second-order valence-corrected chi connectivity index (χ2v) is 26.0. The van der Waals surface area contributed by atoms with Crippen LogP contribution >= 0.6 is 0 Å². The van der Waals surface area contributed by atoms with E-state index in [1.165, 1.54) is 26.9 Å². The minimum absolute atomic E-state index is 0. The van der Waals surface area contributed by atoms with Gasteiger partial charge in [-0.1, -0.05) is 364 Å². The molecule has 0 fully saturated rings. The van der Waals surface area contributed by atoms with Crippen molar-refractivity contribution in [2.75, 3.05) is 0 Å². The van der Waals surface area contributed by atoms with Crippen molar-refractivity contribution in [1.29, 1.82) is 0 Å². The summed E-state index contributed by atoms with van der Waals surface area (Å²) in [6, 6.07) is 132. The third-order valence-corrected chi connectivity index (χ3v) is 19.8. The Morgan fingerprint density at radius 3 is 0.396 bits per heavy atom. The largest absolute Gasteiger partial charge is 0.507 e. The number of fused-ring (bicyclic) bond motifs is 10. The molecule has 106 heavy (non-hydrogen) atoms. The van der Waals surface area contributed by atoms with Gasteiger partial charge in [0.1, 0.15) is 28.7 Å². The van der Waals surface area contributed by atoms with E-state index in [1.54, 1.807) is 30.3 Å². The molecule has 0 aliphatic carbocycles. The molecule has 20 aromatic rings. The summed E-state index contributed by atoms with van der Waals surface area (Å²) in [5, 5.41) is 74.9. The molecule has 5 nitrogen and oxygen atoms in total. The smallest absolute Gasteiger partial charge is 0.124 e. The van der Waals surface area contributed by atoms with Gasteiger partial charge in [-0.2, -0.15) is 0 Å². The average Bonchev–Trinajstić information content (AvgIpc) is 0.796. The molecule has 0 saturated carbocycles. The first-order valence-electron chi connectivity index (χ1n) is 35.2. The molecule has 0 atom stereocenters. The first kappa shape index (κ1) is 68.5. The zero-order valence-electron chi connectivity index (χ0n) is 57.7. The third kappa shape index (κ3) is 13.6. The van der Waals surface area contributed by atoms with E-state index in [0.717, 1.165) is 136 Å². The Kier molecular flexibility index (Phi) is 19.9. The van der Waals surface area contributed by atoms with Crippen molar-refractivity contribution >= 4 is 108 Å². The number of hydrogen-bond acceptors (Lipinski definition) is 5. The maximum absolute atomic E-state index is 10.4. The quantitative estimate of drug-likeness (QED) is 0.118. The van der Waals surface area contributed by atoms with E-state index in [0.29, 0.717) is 28.7 Å². The van der Waals surface area contributed by atoms with Crippen LogP contribution < -0.4 is 0 Å². The van der Waals surface area contributed by atoms with Crippen molar-refractivity contribution < 1.29 is 47.9 Å². The molecule has 505 valence electrons. The van der Waals surface area contributed by atoms with Gasteiger partial charge in [-0.15, -0.1) is 0 Å². The summed E-state index contributed by atoms with van der Waals surface area (Å²) in [6.07, 6.45) is 0. The molecule has 0 aliphatic rings. The predicted octanol–water partition coefficient (Wildman–Crippen LogP) is 26.8. The van der Waals surface area contributed by atoms with E-state index in [-0.39, 0.29) is 22.4 Å². The molecular weight excluding hydrogens is 1460 g/mol. The number of hydrogen-bond donors (Lipinski definition) is 5. The van der Waals surface area contributed by atoms with Gasteiger partial charge in [-0.25, -0.2) is 0 Å². The van der Waals surface area contributed by atoms with Gasteiger partial charge >= 0.3 is 0 Å². The van der Waals surface area contributed by atoms with Crippen LogP contribution in [0.15, 0.2) is 394 Å². The van der Waals surface area contributed by atoms with E-state index < -0.39 is 0 Å². The van der Waals surface area contributed by atoms with Crippen LogP contribution in [0.25, 0.3) is 163 Å². The Bertz CT molecular complexity index is 5680. The summed E-state index contributed by atoms with van der Waals surface area (Å²) in [7, 11) is 0. The number of aromatic hydroxyl groups is 5. The van der Waals surface area contributed by atoms with Gasteiger partial charge < -0.3 is 25.5 Å². The van der Waals surface area contributed by atoms with Crippen LogP contribution in [0.4, 0.5) is 0 Å². The predicted molar refractivity (Wildman–Crippen MR) is 443 cm³/mol.